The minimum Gasteiger partial charge on any atom is -0.372 e. The van der Waals surface area contributed by atoms with Crippen molar-refractivity contribution in [3.05, 3.63) is 16.1 Å². The summed E-state index contributed by atoms with van der Waals surface area (Å²) in [6.45, 7) is 6.49. The number of halogens is 2. The molecule has 0 radical (unpaired) electrons. The van der Waals surface area contributed by atoms with E-state index in [1.165, 1.54) is 0 Å². The van der Waals surface area contributed by atoms with Crippen molar-refractivity contribution in [3.8, 4) is 0 Å². The van der Waals surface area contributed by atoms with Crippen LogP contribution < -0.4 is 10.2 Å². The number of nitrogens with zero attached hydrogens (tertiary/aromatic N) is 2. The average Bonchev–Trinajstić information content (AvgIpc) is 2.27. The van der Waals surface area contributed by atoms with E-state index >= 15 is 0 Å². The van der Waals surface area contributed by atoms with Gasteiger partial charge in [0.05, 0.1) is 10.0 Å². The molecule has 0 aromatic carbocycles. The van der Waals surface area contributed by atoms with Gasteiger partial charge in [-0.2, -0.15) is 0 Å². The number of hydrogen-bond donors (Lipinski definition) is 1. The monoisotopic (exact) mass is 275 g/mol. The molecule has 1 unspecified atom stereocenters. The van der Waals surface area contributed by atoms with Crippen molar-refractivity contribution in [2.45, 2.75) is 26.8 Å². The van der Waals surface area contributed by atoms with Crippen molar-refractivity contribution < 1.29 is 0 Å². The largest absolute Gasteiger partial charge is 0.372 e. The lowest BCUT2D eigenvalue weighted by Crippen LogP contribution is -2.34. The van der Waals surface area contributed by atoms with E-state index < -0.39 is 0 Å². The van der Waals surface area contributed by atoms with Crippen molar-refractivity contribution in [2.24, 2.45) is 5.92 Å². The molecule has 17 heavy (non-hydrogen) atoms. The van der Waals surface area contributed by atoms with E-state index in [9.17, 15) is 0 Å². The molecule has 1 aromatic heterocycles. The molecule has 0 aliphatic rings. The molecule has 3 nitrogen and oxygen atoms in total. The number of nitrogens with one attached hydrogen (secondary N) is 1. The second-order valence-electron chi connectivity index (χ2n) is 4.47. The summed E-state index contributed by atoms with van der Waals surface area (Å²) >= 11 is 12.2. The molecule has 0 spiro atoms. The molecule has 0 amide bonds. The fourth-order valence-electron chi connectivity index (χ4n) is 1.52. The Morgan fingerprint density at radius 3 is 2.29 bits per heavy atom. The molecule has 96 valence electrons. The van der Waals surface area contributed by atoms with Crippen LogP contribution in [0.15, 0.2) is 6.07 Å². The first-order chi connectivity index (χ1) is 7.88. The Morgan fingerprint density at radius 2 is 1.82 bits per heavy atom. The highest BCUT2D eigenvalue weighted by Crippen LogP contribution is 2.32. The van der Waals surface area contributed by atoms with Gasteiger partial charge in [0.2, 0.25) is 0 Å². The van der Waals surface area contributed by atoms with Crippen LogP contribution in [0, 0.1) is 5.92 Å². The Hall–Kier alpha value is -0.670. The maximum absolute atomic E-state index is 6.19. The topological polar surface area (TPSA) is 28.2 Å². The smallest absolute Gasteiger partial charge is 0.149 e. The zero-order valence-corrected chi connectivity index (χ0v) is 12.4. The number of aromatic nitrogens is 1. The molecule has 1 atom stereocenters. The van der Waals surface area contributed by atoms with Crippen LogP contribution >= 0.6 is 23.2 Å². The third-order valence-electron chi connectivity index (χ3n) is 3.06. The fraction of sp³-hybridized carbons (Fsp3) is 0.583. The highest BCUT2D eigenvalue weighted by molar-refractivity contribution is 6.37. The van der Waals surface area contributed by atoms with Crippen molar-refractivity contribution >= 4 is 34.8 Å². The highest BCUT2D eigenvalue weighted by Gasteiger charge is 2.18. The van der Waals surface area contributed by atoms with Gasteiger partial charge in [-0.25, -0.2) is 4.98 Å². The zero-order chi connectivity index (χ0) is 13.2. The first-order valence-electron chi connectivity index (χ1n) is 5.65. The van der Waals surface area contributed by atoms with E-state index in [4.69, 9.17) is 23.2 Å². The number of hydrogen-bond acceptors (Lipinski definition) is 3. The van der Waals surface area contributed by atoms with Crippen LogP contribution in [0.3, 0.4) is 0 Å². The highest BCUT2D eigenvalue weighted by atomic mass is 35.5. The minimum absolute atomic E-state index is 0.353. The van der Waals surface area contributed by atoms with Crippen molar-refractivity contribution in [1.82, 2.24) is 4.98 Å². The lowest BCUT2D eigenvalue weighted by molar-refractivity contribution is 0.503. The van der Waals surface area contributed by atoms with E-state index in [1.807, 2.05) is 7.05 Å². The molecule has 1 heterocycles. The van der Waals surface area contributed by atoms with E-state index in [0.29, 0.717) is 27.8 Å². The average molecular weight is 276 g/mol. The van der Waals surface area contributed by atoms with E-state index in [-0.39, 0.29) is 0 Å². The third kappa shape index (κ3) is 3.17. The Labute approximate surface area is 113 Å². The molecule has 1 rings (SSSR count). The van der Waals surface area contributed by atoms with Gasteiger partial charge in [0.25, 0.3) is 0 Å². The molecule has 1 aromatic rings. The van der Waals surface area contributed by atoms with Crippen LogP contribution in [0.5, 0.6) is 0 Å². The molecule has 5 heteroatoms. The molecular formula is C12H19Cl2N3. The number of rotatable bonds is 4. The fourth-order valence-corrected chi connectivity index (χ4v) is 2.11. The van der Waals surface area contributed by atoms with Gasteiger partial charge in [0.1, 0.15) is 11.6 Å². The third-order valence-corrected chi connectivity index (χ3v) is 3.62. The molecule has 1 N–H and O–H groups in total. The summed E-state index contributed by atoms with van der Waals surface area (Å²) in [7, 11) is 3.78. The summed E-state index contributed by atoms with van der Waals surface area (Å²) in [6, 6.07) is 2.08. The quantitative estimate of drug-likeness (QED) is 0.903. The number of pyridine rings is 1. The molecule has 0 saturated carbocycles. The van der Waals surface area contributed by atoms with Gasteiger partial charge in [-0.15, -0.1) is 0 Å². The SMILES string of the molecule is CNc1nc(N(C)C(C)C(C)C)c(Cl)cc1Cl. The molecule has 0 aliphatic heterocycles. The zero-order valence-electron chi connectivity index (χ0n) is 10.9. The van der Waals surface area contributed by atoms with Crippen LogP contribution in [0.4, 0.5) is 11.6 Å². The minimum atomic E-state index is 0.353. The molecular weight excluding hydrogens is 257 g/mol. The van der Waals surface area contributed by atoms with Gasteiger partial charge < -0.3 is 10.2 Å². The van der Waals surface area contributed by atoms with E-state index in [0.717, 1.165) is 5.82 Å². The Bertz CT molecular complexity index is 394. The normalized spacial score (nSPS) is 12.7. The predicted molar refractivity (Wildman–Crippen MR) is 76.5 cm³/mol. The maximum Gasteiger partial charge on any atom is 0.149 e. The summed E-state index contributed by atoms with van der Waals surface area (Å²) in [5.74, 6) is 1.92. The second-order valence-corrected chi connectivity index (χ2v) is 5.28. The lowest BCUT2D eigenvalue weighted by atomic mass is 10.1. The van der Waals surface area contributed by atoms with Crippen molar-refractivity contribution in [1.29, 1.82) is 0 Å². The van der Waals surface area contributed by atoms with Gasteiger partial charge in [0.15, 0.2) is 0 Å². The van der Waals surface area contributed by atoms with E-state index in [1.54, 1.807) is 13.1 Å². The Balaban J connectivity index is 3.13. The van der Waals surface area contributed by atoms with Gasteiger partial charge in [0, 0.05) is 20.1 Å². The Kier molecular flexibility index (Phi) is 4.90. The number of anilines is 2. The van der Waals surface area contributed by atoms with Gasteiger partial charge in [-0.05, 0) is 18.9 Å². The van der Waals surface area contributed by atoms with Crippen LogP contribution in [-0.2, 0) is 0 Å². The maximum atomic E-state index is 6.19. The first kappa shape index (κ1) is 14.4. The van der Waals surface area contributed by atoms with Crippen molar-refractivity contribution in [3.63, 3.8) is 0 Å². The van der Waals surface area contributed by atoms with Gasteiger partial charge in [-0.1, -0.05) is 37.0 Å². The molecule has 0 aliphatic carbocycles. The summed E-state index contributed by atoms with van der Waals surface area (Å²) in [5.41, 5.74) is 0. The van der Waals surface area contributed by atoms with Crippen LogP contribution in [0.1, 0.15) is 20.8 Å². The van der Waals surface area contributed by atoms with Gasteiger partial charge >= 0.3 is 0 Å². The molecule has 0 bridgehead atoms. The van der Waals surface area contributed by atoms with Crippen LogP contribution in [-0.4, -0.2) is 25.1 Å². The van der Waals surface area contributed by atoms with Crippen LogP contribution in [0.2, 0.25) is 10.0 Å². The van der Waals surface area contributed by atoms with E-state index in [2.05, 4.69) is 36.0 Å². The summed E-state index contributed by atoms with van der Waals surface area (Å²) in [4.78, 5) is 6.52. The second kappa shape index (κ2) is 5.78. The van der Waals surface area contributed by atoms with Gasteiger partial charge in [-0.3, -0.25) is 0 Å². The van der Waals surface area contributed by atoms with Crippen molar-refractivity contribution in [2.75, 3.05) is 24.3 Å². The summed E-state index contributed by atoms with van der Waals surface area (Å²) < 4.78 is 0. The summed E-state index contributed by atoms with van der Waals surface area (Å²) in [5, 5.41) is 4.06. The standard InChI is InChI=1S/C12H19Cl2N3/c1-7(2)8(3)17(5)12-10(14)6-9(13)11(15-4)16-12/h6-8H,1-5H3,(H,15,16). The lowest BCUT2D eigenvalue weighted by Gasteiger charge is -2.30. The molecule has 0 fully saturated rings. The Morgan fingerprint density at radius 1 is 1.24 bits per heavy atom. The predicted octanol–water partition coefficient (Wildman–Crippen LogP) is 3.91. The first-order valence-corrected chi connectivity index (χ1v) is 6.40. The summed E-state index contributed by atoms with van der Waals surface area (Å²) in [6.07, 6.45) is 0. The molecule has 0 saturated heterocycles. The van der Waals surface area contributed by atoms with Crippen LogP contribution in [0.25, 0.3) is 0 Å².